The largest absolute Gasteiger partial charge is 0.457 e. The molecule has 4 rings (SSSR count). The predicted octanol–water partition coefficient (Wildman–Crippen LogP) is 4.18. The Hall–Kier alpha value is -3.97. The molecule has 0 atom stereocenters. The van der Waals surface area contributed by atoms with Gasteiger partial charge in [0.1, 0.15) is 17.3 Å². The molecule has 0 aliphatic rings. The smallest absolute Gasteiger partial charge is 0.258 e. The van der Waals surface area contributed by atoms with E-state index in [9.17, 15) is 9.59 Å². The number of nitrogens with zero attached hydrogens (tertiary/aromatic N) is 2. The van der Waals surface area contributed by atoms with E-state index < -0.39 is 0 Å². The third kappa shape index (κ3) is 5.39. The second kappa shape index (κ2) is 9.89. The minimum atomic E-state index is -0.177. The number of nitrogens with one attached hydrogen (secondary N) is 2. The number of benzene rings is 3. The highest BCUT2D eigenvalue weighted by Crippen LogP contribution is 2.22. The third-order valence-electron chi connectivity index (χ3n) is 4.97. The highest BCUT2D eigenvalue weighted by molar-refractivity contribution is 5.92. The zero-order valence-electron chi connectivity index (χ0n) is 17.7. The molecule has 0 spiro atoms. The van der Waals surface area contributed by atoms with E-state index in [2.05, 4.69) is 15.3 Å². The molecule has 1 heterocycles. The highest BCUT2D eigenvalue weighted by atomic mass is 16.5. The number of hydrogen-bond donors (Lipinski definition) is 2. The molecule has 0 aliphatic carbocycles. The summed E-state index contributed by atoms with van der Waals surface area (Å²) in [6, 6.07) is 23.9. The lowest BCUT2D eigenvalue weighted by atomic mass is 10.2. The van der Waals surface area contributed by atoms with Gasteiger partial charge in [0.05, 0.1) is 24.0 Å². The molecule has 0 saturated carbocycles. The van der Waals surface area contributed by atoms with Gasteiger partial charge in [-0.25, -0.2) is 4.98 Å². The second-order valence-electron chi connectivity index (χ2n) is 7.32. The van der Waals surface area contributed by atoms with Crippen molar-refractivity contribution in [3.8, 4) is 11.5 Å². The van der Waals surface area contributed by atoms with E-state index in [1.165, 1.54) is 0 Å². The first-order valence-electron chi connectivity index (χ1n) is 10.4. The Morgan fingerprint density at radius 2 is 1.66 bits per heavy atom. The van der Waals surface area contributed by atoms with Gasteiger partial charge in [-0.1, -0.05) is 37.3 Å². The van der Waals surface area contributed by atoms with Crippen LogP contribution in [0.4, 0.5) is 5.69 Å². The van der Waals surface area contributed by atoms with Gasteiger partial charge in [-0.05, 0) is 55.1 Å². The van der Waals surface area contributed by atoms with Gasteiger partial charge in [-0.2, -0.15) is 0 Å². The normalized spacial score (nSPS) is 10.9. The number of likely N-dealkylation sites (N-methyl/N-ethyl adjacent to an activating group) is 1. The maximum absolute atomic E-state index is 12.6. The Kier molecular flexibility index (Phi) is 6.57. The number of ether oxygens (including phenoxy) is 1. The SMILES string of the molecule is CCN(CC(=O)Nc1ccc(Oc2ccccc2)cc1)Cc1nc2ccccc2c(=O)[nH]1. The lowest BCUT2D eigenvalue weighted by Gasteiger charge is -2.19. The van der Waals surface area contributed by atoms with Crippen LogP contribution in [-0.4, -0.2) is 33.9 Å². The Morgan fingerprint density at radius 1 is 0.969 bits per heavy atom. The molecule has 2 N–H and O–H groups in total. The minimum absolute atomic E-state index is 0.147. The summed E-state index contributed by atoms with van der Waals surface area (Å²) in [6.07, 6.45) is 0. The number of hydrogen-bond acceptors (Lipinski definition) is 5. The van der Waals surface area contributed by atoms with Gasteiger partial charge in [0.25, 0.3) is 5.56 Å². The standard InChI is InChI=1S/C25H24N4O3/c1-2-29(16-23-27-22-11-7-6-10-21(22)25(31)28-23)17-24(30)26-18-12-14-20(15-13-18)32-19-8-4-3-5-9-19/h3-15H,2,16-17H2,1H3,(H,26,30)(H,27,28,31). The number of para-hydroxylation sites is 2. The summed E-state index contributed by atoms with van der Waals surface area (Å²) in [6.45, 7) is 3.14. The molecule has 7 heteroatoms. The van der Waals surface area contributed by atoms with E-state index in [-0.39, 0.29) is 18.0 Å². The Morgan fingerprint density at radius 3 is 2.41 bits per heavy atom. The lowest BCUT2D eigenvalue weighted by Crippen LogP contribution is -2.33. The maximum Gasteiger partial charge on any atom is 0.258 e. The van der Waals surface area contributed by atoms with Gasteiger partial charge >= 0.3 is 0 Å². The molecule has 1 aromatic heterocycles. The van der Waals surface area contributed by atoms with Crippen LogP contribution >= 0.6 is 0 Å². The van der Waals surface area contributed by atoms with Crippen molar-refractivity contribution in [3.05, 3.63) is 95.0 Å². The van der Waals surface area contributed by atoms with Crippen LogP contribution in [-0.2, 0) is 11.3 Å². The van der Waals surface area contributed by atoms with E-state index in [0.29, 0.717) is 41.3 Å². The van der Waals surface area contributed by atoms with Crippen molar-refractivity contribution in [1.29, 1.82) is 0 Å². The molecule has 7 nitrogen and oxygen atoms in total. The number of aromatic nitrogens is 2. The zero-order chi connectivity index (χ0) is 22.3. The third-order valence-corrected chi connectivity index (χ3v) is 4.97. The van der Waals surface area contributed by atoms with Gasteiger partial charge in [0, 0.05) is 5.69 Å². The summed E-state index contributed by atoms with van der Waals surface area (Å²) in [7, 11) is 0. The molecule has 1 amide bonds. The minimum Gasteiger partial charge on any atom is -0.457 e. The summed E-state index contributed by atoms with van der Waals surface area (Å²) in [4.78, 5) is 34.1. The summed E-state index contributed by atoms with van der Waals surface area (Å²) in [5.41, 5.74) is 1.15. The van der Waals surface area contributed by atoms with Crippen LogP contribution < -0.4 is 15.6 Å². The van der Waals surface area contributed by atoms with Crippen molar-refractivity contribution in [2.45, 2.75) is 13.5 Å². The van der Waals surface area contributed by atoms with Crippen molar-refractivity contribution in [2.24, 2.45) is 0 Å². The average molecular weight is 428 g/mol. The second-order valence-corrected chi connectivity index (χ2v) is 7.32. The first-order valence-corrected chi connectivity index (χ1v) is 10.4. The molecule has 0 bridgehead atoms. The van der Waals surface area contributed by atoms with Crippen LogP contribution in [0.2, 0.25) is 0 Å². The number of H-pyrrole nitrogens is 1. The Bertz CT molecular complexity index is 1250. The highest BCUT2D eigenvalue weighted by Gasteiger charge is 2.12. The number of amides is 1. The fourth-order valence-electron chi connectivity index (χ4n) is 3.34. The van der Waals surface area contributed by atoms with Crippen LogP contribution in [0.25, 0.3) is 10.9 Å². The summed E-state index contributed by atoms with van der Waals surface area (Å²) >= 11 is 0. The van der Waals surface area contributed by atoms with Crippen LogP contribution in [0, 0.1) is 0 Å². The monoisotopic (exact) mass is 428 g/mol. The quantitative estimate of drug-likeness (QED) is 0.440. The lowest BCUT2D eigenvalue weighted by molar-refractivity contribution is -0.117. The molecule has 4 aromatic rings. The summed E-state index contributed by atoms with van der Waals surface area (Å²) in [5.74, 6) is 1.83. The van der Waals surface area contributed by atoms with Crippen molar-refractivity contribution < 1.29 is 9.53 Å². The van der Waals surface area contributed by atoms with Crippen LogP contribution in [0.1, 0.15) is 12.7 Å². The van der Waals surface area contributed by atoms with Crippen molar-refractivity contribution in [3.63, 3.8) is 0 Å². The van der Waals surface area contributed by atoms with Crippen LogP contribution in [0.15, 0.2) is 83.7 Å². The maximum atomic E-state index is 12.6. The first kappa shape index (κ1) is 21.3. The predicted molar refractivity (Wildman–Crippen MR) is 125 cm³/mol. The van der Waals surface area contributed by atoms with E-state index in [1.807, 2.05) is 72.5 Å². The topological polar surface area (TPSA) is 87.3 Å². The number of rotatable bonds is 8. The Balaban J connectivity index is 1.36. The zero-order valence-corrected chi connectivity index (χ0v) is 17.7. The first-order chi connectivity index (χ1) is 15.6. The fourth-order valence-corrected chi connectivity index (χ4v) is 3.34. The molecule has 32 heavy (non-hydrogen) atoms. The summed E-state index contributed by atoms with van der Waals surface area (Å²) in [5, 5.41) is 3.45. The molecular weight excluding hydrogens is 404 g/mol. The number of anilines is 1. The molecule has 0 saturated heterocycles. The van der Waals surface area contributed by atoms with E-state index in [0.717, 1.165) is 5.75 Å². The molecule has 0 aliphatic heterocycles. The molecule has 0 fully saturated rings. The average Bonchev–Trinajstić information content (AvgIpc) is 2.80. The number of carbonyl (C=O) groups excluding carboxylic acids is 1. The van der Waals surface area contributed by atoms with Crippen molar-refractivity contribution in [2.75, 3.05) is 18.4 Å². The number of aromatic amines is 1. The fraction of sp³-hybridized carbons (Fsp3) is 0.160. The molecule has 3 aromatic carbocycles. The number of carbonyl (C=O) groups is 1. The van der Waals surface area contributed by atoms with Gasteiger partial charge in [0.2, 0.25) is 5.91 Å². The molecule has 0 unspecified atom stereocenters. The van der Waals surface area contributed by atoms with Crippen molar-refractivity contribution in [1.82, 2.24) is 14.9 Å². The van der Waals surface area contributed by atoms with E-state index >= 15 is 0 Å². The van der Waals surface area contributed by atoms with Crippen molar-refractivity contribution >= 4 is 22.5 Å². The molecule has 0 radical (unpaired) electrons. The van der Waals surface area contributed by atoms with Gasteiger partial charge in [-0.15, -0.1) is 0 Å². The van der Waals surface area contributed by atoms with Crippen LogP contribution in [0.5, 0.6) is 11.5 Å². The molecule has 162 valence electrons. The van der Waals surface area contributed by atoms with Crippen LogP contribution in [0.3, 0.4) is 0 Å². The number of fused-ring (bicyclic) bond motifs is 1. The van der Waals surface area contributed by atoms with Gasteiger partial charge in [0.15, 0.2) is 0 Å². The van der Waals surface area contributed by atoms with E-state index in [4.69, 9.17) is 4.74 Å². The molecular formula is C25H24N4O3. The van der Waals surface area contributed by atoms with Gasteiger partial charge in [-0.3, -0.25) is 14.5 Å². The Labute approximate surface area is 185 Å². The summed E-state index contributed by atoms with van der Waals surface area (Å²) < 4.78 is 5.77. The van der Waals surface area contributed by atoms with E-state index in [1.54, 1.807) is 18.2 Å². The van der Waals surface area contributed by atoms with Gasteiger partial charge < -0.3 is 15.0 Å².